The van der Waals surface area contributed by atoms with Gasteiger partial charge < -0.3 is 24.6 Å². The summed E-state index contributed by atoms with van der Waals surface area (Å²) in [5, 5.41) is 11.9. The highest BCUT2D eigenvalue weighted by atomic mass is 35.5. The van der Waals surface area contributed by atoms with Crippen LogP contribution in [0.2, 0.25) is 10.0 Å². The van der Waals surface area contributed by atoms with Gasteiger partial charge in [-0.25, -0.2) is 4.79 Å². The number of ether oxygens (including phenoxy) is 3. The Morgan fingerprint density at radius 3 is 1.93 bits per heavy atom. The molecular formula is C20H21Cl2NO6. The van der Waals surface area contributed by atoms with Gasteiger partial charge in [0.05, 0.1) is 41.1 Å². The summed E-state index contributed by atoms with van der Waals surface area (Å²) in [6, 6.07) is 5.51. The number of nitrogens with one attached hydrogen (secondary N) is 1. The van der Waals surface area contributed by atoms with E-state index >= 15 is 0 Å². The van der Waals surface area contributed by atoms with Gasteiger partial charge in [0.25, 0.3) is 5.91 Å². The van der Waals surface area contributed by atoms with E-state index in [1.165, 1.54) is 24.3 Å². The van der Waals surface area contributed by atoms with Crippen molar-refractivity contribution in [2.24, 2.45) is 0 Å². The van der Waals surface area contributed by atoms with Crippen LogP contribution in [0.4, 0.5) is 5.69 Å². The normalized spacial score (nSPS) is 10.4. The van der Waals surface area contributed by atoms with Gasteiger partial charge in [0.15, 0.2) is 11.5 Å². The Hall–Kier alpha value is -2.64. The number of carbonyl (C=O) groups excluding carboxylic acids is 1. The van der Waals surface area contributed by atoms with Crippen LogP contribution in [0.3, 0.4) is 0 Å². The molecule has 0 aromatic heterocycles. The smallest absolute Gasteiger partial charge is 0.337 e. The quantitative estimate of drug-likeness (QED) is 0.559. The summed E-state index contributed by atoms with van der Waals surface area (Å²) in [7, 11) is 0. The Kier molecular flexibility index (Phi) is 7.99. The predicted molar refractivity (Wildman–Crippen MR) is 111 cm³/mol. The van der Waals surface area contributed by atoms with Crippen LogP contribution in [0.1, 0.15) is 41.5 Å². The molecule has 0 saturated heterocycles. The zero-order valence-electron chi connectivity index (χ0n) is 16.2. The predicted octanol–water partition coefficient (Wildman–Crippen LogP) is 5.14. The molecule has 0 spiro atoms. The maximum Gasteiger partial charge on any atom is 0.337 e. The van der Waals surface area contributed by atoms with E-state index in [0.29, 0.717) is 37.1 Å². The molecule has 0 aliphatic heterocycles. The molecule has 0 unspecified atom stereocenters. The Labute approximate surface area is 178 Å². The fourth-order valence-electron chi connectivity index (χ4n) is 2.52. The van der Waals surface area contributed by atoms with Gasteiger partial charge >= 0.3 is 5.97 Å². The molecule has 0 fully saturated rings. The van der Waals surface area contributed by atoms with Crippen molar-refractivity contribution in [3.8, 4) is 17.2 Å². The Morgan fingerprint density at radius 2 is 1.45 bits per heavy atom. The van der Waals surface area contributed by atoms with E-state index in [9.17, 15) is 14.7 Å². The number of carboxylic acid groups (broad SMARTS) is 1. The van der Waals surface area contributed by atoms with Crippen LogP contribution in [0.15, 0.2) is 24.3 Å². The van der Waals surface area contributed by atoms with Crippen LogP contribution in [-0.4, -0.2) is 36.8 Å². The maximum atomic E-state index is 12.8. The first-order valence-electron chi connectivity index (χ1n) is 8.92. The third-order valence-corrected chi connectivity index (χ3v) is 4.33. The number of halogens is 2. The molecule has 7 nitrogen and oxygen atoms in total. The molecular weight excluding hydrogens is 421 g/mol. The van der Waals surface area contributed by atoms with Gasteiger partial charge in [0.2, 0.25) is 5.75 Å². The Bertz CT molecular complexity index is 889. The molecule has 2 rings (SSSR count). The van der Waals surface area contributed by atoms with Crippen molar-refractivity contribution >= 4 is 40.8 Å². The standard InChI is InChI=1S/C20H21Cl2NO6/c1-4-27-16-7-11(8-17(28-5-2)18(16)29-6-3)19(24)23-15-9-12(20(25)26)13(21)10-14(15)22/h7-10H,4-6H2,1-3H3,(H,23,24)(H,25,26). The molecule has 0 heterocycles. The van der Waals surface area contributed by atoms with Crippen molar-refractivity contribution < 1.29 is 28.9 Å². The minimum Gasteiger partial charge on any atom is -0.490 e. The van der Waals surface area contributed by atoms with E-state index in [2.05, 4.69) is 5.32 Å². The van der Waals surface area contributed by atoms with E-state index in [1.54, 1.807) is 0 Å². The van der Waals surface area contributed by atoms with Crippen molar-refractivity contribution in [1.82, 2.24) is 0 Å². The third kappa shape index (κ3) is 5.46. The van der Waals surface area contributed by atoms with Crippen molar-refractivity contribution in [3.05, 3.63) is 45.4 Å². The summed E-state index contributed by atoms with van der Waals surface area (Å²) in [6.07, 6.45) is 0. The second-order valence-corrected chi connectivity index (χ2v) is 6.49. The van der Waals surface area contributed by atoms with Crippen LogP contribution < -0.4 is 19.5 Å². The minimum atomic E-state index is -1.24. The Balaban J connectivity index is 2.45. The van der Waals surface area contributed by atoms with Gasteiger partial charge in [-0.2, -0.15) is 0 Å². The van der Waals surface area contributed by atoms with Crippen molar-refractivity contribution in [2.45, 2.75) is 20.8 Å². The lowest BCUT2D eigenvalue weighted by Crippen LogP contribution is -2.14. The molecule has 0 radical (unpaired) electrons. The maximum absolute atomic E-state index is 12.8. The molecule has 0 aliphatic carbocycles. The van der Waals surface area contributed by atoms with Crippen LogP contribution in [0, 0.1) is 0 Å². The van der Waals surface area contributed by atoms with Crippen LogP contribution in [0.5, 0.6) is 17.2 Å². The van der Waals surface area contributed by atoms with E-state index in [1.807, 2.05) is 20.8 Å². The lowest BCUT2D eigenvalue weighted by atomic mass is 10.1. The summed E-state index contributed by atoms with van der Waals surface area (Å²) in [5.41, 5.74) is 0.162. The molecule has 2 N–H and O–H groups in total. The van der Waals surface area contributed by atoms with Crippen LogP contribution in [-0.2, 0) is 0 Å². The average Bonchev–Trinajstić information content (AvgIpc) is 2.66. The number of anilines is 1. The first-order chi connectivity index (χ1) is 13.8. The van der Waals surface area contributed by atoms with Gasteiger partial charge in [-0.05, 0) is 45.0 Å². The van der Waals surface area contributed by atoms with E-state index in [-0.39, 0.29) is 26.9 Å². The van der Waals surface area contributed by atoms with Gasteiger partial charge in [-0.15, -0.1) is 0 Å². The van der Waals surface area contributed by atoms with Gasteiger partial charge in [0, 0.05) is 5.56 Å². The van der Waals surface area contributed by atoms with E-state index in [4.69, 9.17) is 37.4 Å². The fourth-order valence-corrected chi connectivity index (χ4v) is 3.03. The van der Waals surface area contributed by atoms with Crippen molar-refractivity contribution in [1.29, 1.82) is 0 Å². The SMILES string of the molecule is CCOc1cc(C(=O)Nc2cc(C(=O)O)c(Cl)cc2Cl)cc(OCC)c1OCC. The molecule has 0 bridgehead atoms. The molecule has 2 aromatic rings. The summed E-state index contributed by atoms with van der Waals surface area (Å²) in [6.45, 7) is 6.57. The molecule has 0 atom stereocenters. The number of hydrogen-bond acceptors (Lipinski definition) is 5. The summed E-state index contributed by atoms with van der Waals surface area (Å²) in [5.74, 6) is -0.640. The number of carbonyl (C=O) groups is 2. The molecule has 156 valence electrons. The lowest BCUT2D eigenvalue weighted by Gasteiger charge is -2.17. The zero-order valence-corrected chi connectivity index (χ0v) is 17.7. The van der Waals surface area contributed by atoms with E-state index in [0.717, 1.165) is 0 Å². The fraction of sp³-hybridized carbons (Fsp3) is 0.300. The monoisotopic (exact) mass is 441 g/mol. The third-order valence-electron chi connectivity index (χ3n) is 3.71. The van der Waals surface area contributed by atoms with Crippen LogP contribution in [0.25, 0.3) is 0 Å². The summed E-state index contributed by atoms with van der Waals surface area (Å²) in [4.78, 5) is 24.1. The summed E-state index contributed by atoms with van der Waals surface area (Å²) < 4.78 is 16.8. The highest BCUT2D eigenvalue weighted by Crippen LogP contribution is 2.39. The largest absolute Gasteiger partial charge is 0.490 e. The number of amides is 1. The highest BCUT2D eigenvalue weighted by Gasteiger charge is 2.20. The van der Waals surface area contributed by atoms with Gasteiger partial charge in [-0.1, -0.05) is 23.2 Å². The number of rotatable bonds is 9. The number of benzene rings is 2. The second kappa shape index (κ2) is 10.2. The molecule has 9 heteroatoms. The van der Waals surface area contributed by atoms with Crippen LogP contribution >= 0.6 is 23.2 Å². The van der Waals surface area contributed by atoms with Gasteiger partial charge in [-0.3, -0.25) is 4.79 Å². The van der Waals surface area contributed by atoms with Crippen molar-refractivity contribution in [3.63, 3.8) is 0 Å². The average molecular weight is 442 g/mol. The van der Waals surface area contributed by atoms with Crippen molar-refractivity contribution in [2.75, 3.05) is 25.1 Å². The number of aromatic carboxylic acids is 1. The molecule has 2 aromatic carbocycles. The first-order valence-corrected chi connectivity index (χ1v) is 9.67. The zero-order chi connectivity index (χ0) is 21.6. The second-order valence-electron chi connectivity index (χ2n) is 5.67. The topological polar surface area (TPSA) is 94.1 Å². The van der Waals surface area contributed by atoms with Gasteiger partial charge in [0.1, 0.15) is 0 Å². The highest BCUT2D eigenvalue weighted by molar-refractivity contribution is 6.38. The molecule has 0 saturated carbocycles. The molecule has 29 heavy (non-hydrogen) atoms. The Morgan fingerprint density at radius 1 is 0.897 bits per heavy atom. The minimum absolute atomic E-state index is 0.0289. The lowest BCUT2D eigenvalue weighted by molar-refractivity contribution is 0.0696. The first kappa shape index (κ1) is 22.6. The molecule has 1 amide bonds. The number of carboxylic acids is 1. The molecule has 0 aliphatic rings. The van der Waals surface area contributed by atoms with E-state index < -0.39 is 11.9 Å². The summed E-state index contributed by atoms with van der Waals surface area (Å²) >= 11 is 12.0. The number of hydrogen-bond donors (Lipinski definition) is 2.